The van der Waals surface area contributed by atoms with Crippen LogP contribution in [0, 0.1) is 12.0 Å². The Hall–Kier alpha value is -2.02. The van der Waals surface area contributed by atoms with E-state index in [4.69, 9.17) is 4.43 Å². The van der Waals surface area contributed by atoms with E-state index >= 15 is 0 Å². The van der Waals surface area contributed by atoms with Crippen LogP contribution in [-0.2, 0) is 17.4 Å². The molecule has 0 aliphatic carbocycles. The fourth-order valence-electron chi connectivity index (χ4n) is 3.14. The normalized spacial score (nSPS) is 17.6. The highest BCUT2D eigenvalue weighted by Crippen LogP contribution is 2.36. The van der Waals surface area contributed by atoms with E-state index in [0.29, 0.717) is 0 Å². The van der Waals surface area contributed by atoms with Crippen LogP contribution in [0.5, 0.6) is 0 Å². The van der Waals surface area contributed by atoms with E-state index in [1.165, 1.54) is 16.7 Å². The van der Waals surface area contributed by atoms with Gasteiger partial charge in [0.1, 0.15) is 6.04 Å². The molecule has 3 heteroatoms. The van der Waals surface area contributed by atoms with Gasteiger partial charge in [0.15, 0.2) is 0 Å². The molecule has 0 saturated heterocycles. The van der Waals surface area contributed by atoms with Crippen LogP contribution in [0.3, 0.4) is 0 Å². The summed E-state index contributed by atoms with van der Waals surface area (Å²) in [5.41, 5.74) is 4.06. The zero-order valence-corrected chi connectivity index (χ0v) is 18.3. The maximum Gasteiger partial charge on any atom is 0.264 e. The van der Waals surface area contributed by atoms with E-state index in [2.05, 4.69) is 105 Å². The minimum Gasteiger partial charge on any atom is -0.500 e. The maximum absolute atomic E-state index is 6.16. The Labute approximate surface area is 165 Å². The number of hydrogen-bond donors (Lipinski definition) is 0. The van der Waals surface area contributed by atoms with E-state index in [-0.39, 0.29) is 11.1 Å². The zero-order chi connectivity index (χ0) is 19.5. The Bertz CT molecular complexity index is 827. The lowest BCUT2D eigenvalue weighted by molar-refractivity contribution is 0.216. The summed E-state index contributed by atoms with van der Waals surface area (Å²) in [5.74, 6) is 3.46. The molecule has 0 saturated carbocycles. The second-order valence-corrected chi connectivity index (χ2v) is 13.6. The predicted molar refractivity (Wildman–Crippen MR) is 116 cm³/mol. The average molecular weight is 378 g/mol. The Morgan fingerprint density at radius 3 is 2.41 bits per heavy atom. The van der Waals surface area contributed by atoms with Crippen molar-refractivity contribution in [3.05, 3.63) is 71.3 Å². The highest BCUT2D eigenvalue weighted by molar-refractivity contribution is 6.74. The van der Waals surface area contributed by atoms with Gasteiger partial charge >= 0.3 is 0 Å². The van der Waals surface area contributed by atoms with Gasteiger partial charge in [-0.2, -0.15) is 0 Å². The van der Waals surface area contributed by atoms with Crippen LogP contribution in [0.15, 0.2) is 54.6 Å². The molecule has 0 amide bonds. The average Bonchev–Trinajstić information content (AvgIpc) is 2.63. The van der Waals surface area contributed by atoms with Crippen LogP contribution in [0.25, 0.3) is 0 Å². The van der Waals surface area contributed by atoms with Gasteiger partial charge in [0.25, 0.3) is 8.32 Å². The standard InChI is InChI=1S/C24H31NOSi/c1-24(2,3)27(4,5)26-18-16-23-22-14-10-9-13-21(22)15-17-25(23)19-20-11-7-6-8-12-20/h6-14,23H,15,17,19H2,1-5H3/t23-/m1/s1. The summed E-state index contributed by atoms with van der Waals surface area (Å²) in [6, 6.07) is 19.4. The van der Waals surface area contributed by atoms with Gasteiger partial charge in [-0.3, -0.25) is 4.90 Å². The third-order valence-electron chi connectivity index (χ3n) is 5.92. The SMILES string of the molecule is CC(C)(C)[Si](C)(C)OC#C[C@@H]1c2ccccc2CCN1Cc1ccccc1. The van der Waals surface area contributed by atoms with Crippen molar-refractivity contribution in [3.8, 4) is 12.0 Å². The summed E-state index contributed by atoms with van der Waals surface area (Å²) in [6.07, 6.45) is 4.20. The first-order valence-corrected chi connectivity index (χ1v) is 12.7. The van der Waals surface area contributed by atoms with E-state index in [0.717, 1.165) is 19.5 Å². The molecule has 0 radical (unpaired) electrons. The van der Waals surface area contributed by atoms with Gasteiger partial charge in [0.2, 0.25) is 0 Å². The van der Waals surface area contributed by atoms with Crippen molar-refractivity contribution in [2.75, 3.05) is 6.54 Å². The monoisotopic (exact) mass is 377 g/mol. The molecule has 0 N–H and O–H groups in total. The molecule has 2 nitrogen and oxygen atoms in total. The van der Waals surface area contributed by atoms with Crippen molar-refractivity contribution in [1.29, 1.82) is 0 Å². The third kappa shape index (κ3) is 4.64. The van der Waals surface area contributed by atoms with E-state index in [1.807, 2.05) is 0 Å². The van der Waals surface area contributed by atoms with E-state index in [1.54, 1.807) is 0 Å². The topological polar surface area (TPSA) is 12.5 Å². The molecule has 27 heavy (non-hydrogen) atoms. The van der Waals surface area contributed by atoms with Crippen molar-refractivity contribution in [3.63, 3.8) is 0 Å². The van der Waals surface area contributed by atoms with Crippen molar-refractivity contribution >= 4 is 8.32 Å². The molecule has 0 aromatic heterocycles. The lowest BCUT2D eigenvalue weighted by Gasteiger charge is -2.35. The van der Waals surface area contributed by atoms with Gasteiger partial charge < -0.3 is 4.43 Å². The largest absolute Gasteiger partial charge is 0.500 e. The maximum atomic E-state index is 6.16. The molecular weight excluding hydrogens is 346 g/mol. The Balaban J connectivity index is 1.86. The van der Waals surface area contributed by atoms with Gasteiger partial charge in [-0.05, 0) is 47.2 Å². The van der Waals surface area contributed by atoms with Crippen LogP contribution in [-0.4, -0.2) is 19.8 Å². The first-order valence-electron chi connectivity index (χ1n) is 9.82. The van der Waals surface area contributed by atoms with Crippen molar-refractivity contribution < 1.29 is 4.43 Å². The zero-order valence-electron chi connectivity index (χ0n) is 17.3. The number of rotatable bonds is 3. The molecule has 0 spiro atoms. The quantitative estimate of drug-likeness (QED) is 0.497. The molecule has 2 aromatic rings. The first-order chi connectivity index (χ1) is 12.8. The van der Waals surface area contributed by atoms with Gasteiger partial charge in [0.05, 0.1) is 6.11 Å². The summed E-state index contributed by atoms with van der Waals surface area (Å²) in [7, 11) is -1.87. The fourth-order valence-corrected chi connectivity index (χ4v) is 3.76. The van der Waals surface area contributed by atoms with Crippen molar-refractivity contribution in [1.82, 2.24) is 4.90 Å². The van der Waals surface area contributed by atoms with Crippen LogP contribution in [0.2, 0.25) is 18.1 Å². The number of benzene rings is 2. The molecule has 0 bridgehead atoms. The van der Waals surface area contributed by atoms with E-state index < -0.39 is 8.32 Å². The molecule has 1 aliphatic rings. The Morgan fingerprint density at radius 1 is 1.04 bits per heavy atom. The van der Waals surface area contributed by atoms with Crippen LogP contribution in [0.4, 0.5) is 0 Å². The summed E-state index contributed by atoms with van der Waals surface area (Å²) in [4.78, 5) is 2.47. The minimum atomic E-state index is -1.87. The molecule has 142 valence electrons. The molecule has 2 aromatic carbocycles. The number of nitrogens with zero attached hydrogens (tertiary/aromatic N) is 1. The minimum absolute atomic E-state index is 0.0833. The second-order valence-electron chi connectivity index (χ2n) is 8.92. The lowest BCUT2D eigenvalue weighted by Crippen LogP contribution is -2.39. The van der Waals surface area contributed by atoms with Gasteiger partial charge in [-0.1, -0.05) is 75.4 Å². The van der Waals surface area contributed by atoms with Crippen LogP contribution >= 0.6 is 0 Å². The first kappa shape index (κ1) is 19.7. The summed E-state index contributed by atoms with van der Waals surface area (Å²) < 4.78 is 6.16. The van der Waals surface area contributed by atoms with Crippen molar-refractivity contribution in [2.45, 2.75) is 57.9 Å². The van der Waals surface area contributed by atoms with Gasteiger partial charge in [0, 0.05) is 13.1 Å². The Morgan fingerprint density at radius 2 is 1.70 bits per heavy atom. The van der Waals surface area contributed by atoms with Gasteiger partial charge in [-0.25, -0.2) is 0 Å². The van der Waals surface area contributed by atoms with Crippen LogP contribution in [0.1, 0.15) is 43.5 Å². The summed E-state index contributed by atoms with van der Waals surface area (Å²) in [6.45, 7) is 13.2. The second kappa shape index (κ2) is 7.92. The molecular formula is C24H31NOSi. The highest BCUT2D eigenvalue weighted by Gasteiger charge is 2.38. The highest BCUT2D eigenvalue weighted by atomic mass is 28.4. The summed E-state index contributed by atoms with van der Waals surface area (Å²) >= 11 is 0. The van der Waals surface area contributed by atoms with Crippen LogP contribution < -0.4 is 0 Å². The molecule has 1 aliphatic heterocycles. The third-order valence-corrected chi connectivity index (χ3v) is 10.1. The lowest BCUT2D eigenvalue weighted by atomic mass is 9.92. The fraction of sp³-hybridized carbons (Fsp3) is 0.417. The summed E-state index contributed by atoms with van der Waals surface area (Å²) in [5, 5.41) is 0.163. The van der Waals surface area contributed by atoms with Gasteiger partial charge in [-0.15, -0.1) is 0 Å². The number of fused-ring (bicyclic) bond motifs is 1. The van der Waals surface area contributed by atoms with Crippen molar-refractivity contribution in [2.24, 2.45) is 0 Å². The molecule has 0 unspecified atom stereocenters. The van der Waals surface area contributed by atoms with E-state index in [9.17, 15) is 0 Å². The molecule has 3 rings (SSSR count). The molecule has 1 atom stereocenters. The predicted octanol–water partition coefficient (Wildman–Crippen LogP) is 5.77. The number of hydrogen-bond acceptors (Lipinski definition) is 2. The smallest absolute Gasteiger partial charge is 0.264 e. The molecule has 0 fully saturated rings. The molecule has 1 heterocycles. The Kier molecular flexibility index (Phi) is 5.79.